The predicted octanol–water partition coefficient (Wildman–Crippen LogP) is 1.39. The first kappa shape index (κ1) is 18.4. The van der Waals surface area contributed by atoms with Crippen LogP contribution < -0.4 is 5.32 Å². The van der Waals surface area contributed by atoms with E-state index in [0.717, 1.165) is 24.3 Å². The molecule has 1 aromatic rings. The van der Waals surface area contributed by atoms with E-state index in [1.165, 1.54) is 0 Å². The minimum absolute atomic E-state index is 0.0463. The van der Waals surface area contributed by atoms with Crippen molar-refractivity contribution < 1.29 is 37.5 Å². The average Bonchev–Trinajstić information content (AvgIpc) is 2.45. The van der Waals surface area contributed by atoms with E-state index >= 15 is 0 Å². The summed E-state index contributed by atoms with van der Waals surface area (Å²) in [6.45, 7) is 0. The van der Waals surface area contributed by atoms with Crippen molar-refractivity contribution in [3.05, 3.63) is 34.4 Å². The summed E-state index contributed by atoms with van der Waals surface area (Å²) in [5.74, 6) is -3.35. The molecule has 0 radical (unpaired) electrons. The molecule has 0 saturated heterocycles. The third-order valence-corrected chi connectivity index (χ3v) is 2.77. The molecule has 0 spiro atoms. The van der Waals surface area contributed by atoms with Gasteiger partial charge in [-0.05, 0) is 12.1 Å². The minimum atomic E-state index is -5.42. The summed E-state index contributed by atoms with van der Waals surface area (Å²) >= 11 is 0. The molecule has 23 heavy (non-hydrogen) atoms. The molecule has 2 N–H and O–H groups in total. The molecule has 0 fully saturated rings. The van der Waals surface area contributed by atoms with Gasteiger partial charge in [-0.1, -0.05) is 0 Å². The van der Waals surface area contributed by atoms with Gasteiger partial charge in [0.05, 0.1) is 18.5 Å². The van der Waals surface area contributed by atoms with Gasteiger partial charge in [-0.25, -0.2) is 4.79 Å². The topological polar surface area (TPSA) is 119 Å². The number of non-ortho nitro benzene ring substituents is 1. The molecular weight excluding hydrogens is 325 g/mol. The Hall–Kier alpha value is -2.69. The Kier molecular flexibility index (Phi) is 5.27. The number of alkyl halides is 3. The second-order valence-corrected chi connectivity index (χ2v) is 4.38. The summed E-state index contributed by atoms with van der Waals surface area (Å²) in [5.41, 5.74) is -4.33. The lowest BCUT2D eigenvalue weighted by Gasteiger charge is -2.26. The van der Waals surface area contributed by atoms with Crippen LogP contribution in [0.4, 0.5) is 24.5 Å². The van der Waals surface area contributed by atoms with Crippen molar-refractivity contribution in [3.63, 3.8) is 0 Å². The Bertz CT molecular complexity index is 616. The monoisotopic (exact) mass is 336 g/mol. The highest BCUT2D eigenvalue weighted by Gasteiger charge is 2.61. The molecule has 8 nitrogen and oxygen atoms in total. The van der Waals surface area contributed by atoms with Crippen LogP contribution >= 0.6 is 0 Å². The van der Waals surface area contributed by atoms with Crippen LogP contribution in [0.3, 0.4) is 0 Å². The van der Waals surface area contributed by atoms with Crippen LogP contribution in [0.15, 0.2) is 24.3 Å². The van der Waals surface area contributed by atoms with Crippen molar-refractivity contribution >= 4 is 23.3 Å². The summed E-state index contributed by atoms with van der Waals surface area (Å²) in [6.07, 6.45) is -7.05. The highest BCUT2D eigenvalue weighted by atomic mass is 19.4. The molecule has 1 amide bonds. The molecule has 11 heteroatoms. The number of esters is 1. The van der Waals surface area contributed by atoms with E-state index in [1.54, 1.807) is 0 Å². The number of hydrogen-bond donors (Lipinski definition) is 2. The van der Waals surface area contributed by atoms with Crippen LogP contribution in [0.25, 0.3) is 0 Å². The normalized spacial score (nSPS) is 13.8. The molecule has 0 aromatic heterocycles. The van der Waals surface area contributed by atoms with Crippen molar-refractivity contribution in [2.24, 2.45) is 0 Å². The predicted molar refractivity (Wildman–Crippen MR) is 69.4 cm³/mol. The fourth-order valence-electron chi connectivity index (χ4n) is 1.56. The zero-order chi connectivity index (χ0) is 17.8. The van der Waals surface area contributed by atoms with Crippen molar-refractivity contribution in [2.75, 3.05) is 12.4 Å². The van der Waals surface area contributed by atoms with E-state index < -0.39 is 35.0 Å². The highest BCUT2D eigenvalue weighted by Crippen LogP contribution is 2.34. The first-order chi connectivity index (χ1) is 10.5. The van der Waals surface area contributed by atoms with Gasteiger partial charge in [-0.2, -0.15) is 13.2 Å². The van der Waals surface area contributed by atoms with Gasteiger partial charge in [0.25, 0.3) is 11.3 Å². The third kappa shape index (κ3) is 4.16. The largest absolute Gasteiger partial charge is 0.467 e. The van der Waals surface area contributed by atoms with Gasteiger partial charge in [-0.3, -0.25) is 14.9 Å². The SMILES string of the molecule is COC(=O)[C@](O)(CC(=O)Nc1ccc([N+](=O)[O-])cc1)C(F)(F)F. The van der Waals surface area contributed by atoms with Crippen molar-refractivity contribution in [1.29, 1.82) is 0 Å². The van der Waals surface area contributed by atoms with E-state index in [9.17, 15) is 38.0 Å². The number of amides is 1. The lowest BCUT2D eigenvalue weighted by atomic mass is 9.98. The van der Waals surface area contributed by atoms with E-state index in [0.29, 0.717) is 7.11 Å². The van der Waals surface area contributed by atoms with Crippen LogP contribution in [0, 0.1) is 10.1 Å². The summed E-state index contributed by atoms with van der Waals surface area (Å²) < 4.78 is 42.2. The molecule has 1 aromatic carbocycles. The second kappa shape index (κ2) is 6.60. The molecule has 0 saturated carbocycles. The number of nitro groups is 1. The van der Waals surface area contributed by atoms with Crippen molar-refractivity contribution in [3.8, 4) is 0 Å². The van der Waals surface area contributed by atoms with Gasteiger partial charge in [0.1, 0.15) is 0 Å². The van der Waals surface area contributed by atoms with Crippen molar-refractivity contribution in [2.45, 2.75) is 18.2 Å². The van der Waals surface area contributed by atoms with Crippen LogP contribution in [-0.4, -0.2) is 40.8 Å². The molecule has 1 atom stereocenters. The number of carbonyl (C=O) groups is 2. The van der Waals surface area contributed by atoms with Crippen LogP contribution in [0.5, 0.6) is 0 Å². The van der Waals surface area contributed by atoms with Gasteiger partial charge >= 0.3 is 12.1 Å². The zero-order valence-corrected chi connectivity index (χ0v) is 11.6. The number of nitrogens with one attached hydrogen (secondary N) is 1. The summed E-state index contributed by atoms with van der Waals surface area (Å²) in [6, 6.07) is 4.21. The number of rotatable bonds is 5. The Morgan fingerprint density at radius 1 is 1.30 bits per heavy atom. The Morgan fingerprint density at radius 2 is 1.83 bits per heavy atom. The maximum Gasteiger partial charge on any atom is 0.428 e. The number of nitrogens with zero attached hydrogens (tertiary/aromatic N) is 1. The number of carbonyl (C=O) groups excluding carboxylic acids is 2. The smallest absolute Gasteiger partial charge is 0.428 e. The van der Waals surface area contributed by atoms with Gasteiger partial charge in [0, 0.05) is 17.8 Å². The molecule has 126 valence electrons. The van der Waals surface area contributed by atoms with Gasteiger partial charge in [-0.15, -0.1) is 0 Å². The summed E-state index contributed by atoms with van der Waals surface area (Å²) in [7, 11) is 0.632. The maximum atomic E-state index is 12.8. The molecule has 0 aliphatic heterocycles. The number of benzene rings is 1. The number of ether oxygens (including phenoxy) is 1. The van der Waals surface area contributed by atoms with Gasteiger partial charge < -0.3 is 15.2 Å². The zero-order valence-electron chi connectivity index (χ0n) is 11.6. The quantitative estimate of drug-likeness (QED) is 0.476. The van der Waals surface area contributed by atoms with E-state index in [1.807, 2.05) is 5.32 Å². The molecule has 0 aliphatic rings. The first-order valence-electron chi connectivity index (χ1n) is 5.93. The van der Waals surface area contributed by atoms with Crippen LogP contribution in [-0.2, 0) is 14.3 Å². The van der Waals surface area contributed by atoms with E-state index in [-0.39, 0.29) is 11.4 Å². The number of nitro benzene ring substituents is 1. The Morgan fingerprint density at radius 3 is 2.22 bits per heavy atom. The van der Waals surface area contributed by atoms with E-state index in [2.05, 4.69) is 4.74 Å². The summed E-state index contributed by atoms with van der Waals surface area (Å²) in [5, 5.41) is 21.9. The number of aliphatic hydroxyl groups is 1. The molecular formula is C12H11F3N2O6. The second-order valence-electron chi connectivity index (χ2n) is 4.38. The Labute approximate surface area is 127 Å². The Balaban J connectivity index is 2.88. The van der Waals surface area contributed by atoms with Crippen molar-refractivity contribution in [1.82, 2.24) is 0 Å². The molecule has 0 unspecified atom stereocenters. The van der Waals surface area contributed by atoms with Gasteiger partial charge in [0.15, 0.2) is 0 Å². The minimum Gasteiger partial charge on any atom is -0.467 e. The van der Waals surface area contributed by atoms with E-state index in [4.69, 9.17) is 0 Å². The highest BCUT2D eigenvalue weighted by molar-refractivity contribution is 5.96. The third-order valence-electron chi connectivity index (χ3n) is 2.77. The number of hydrogen-bond acceptors (Lipinski definition) is 6. The molecule has 0 bridgehead atoms. The van der Waals surface area contributed by atoms with Crippen LogP contribution in [0.2, 0.25) is 0 Å². The lowest BCUT2D eigenvalue weighted by Crippen LogP contribution is -2.54. The maximum absolute atomic E-state index is 12.8. The van der Waals surface area contributed by atoms with Gasteiger partial charge in [0.2, 0.25) is 5.91 Å². The summed E-state index contributed by atoms with van der Waals surface area (Å²) in [4.78, 5) is 32.5. The molecule has 1 rings (SSSR count). The number of halogens is 3. The van der Waals surface area contributed by atoms with Crippen LogP contribution in [0.1, 0.15) is 6.42 Å². The first-order valence-corrected chi connectivity index (χ1v) is 5.93. The molecule has 0 aliphatic carbocycles. The lowest BCUT2D eigenvalue weighted by molar-refractivity contribution is -0.384. The average molecular weight is 336 g/mol. The standard InChI is InChI=1S/C12H11F3N2O6/c1-23-10(19)11(20,12(13,14)15)6-9(18)16-7-2-4-8(5-3-7)17(21)22/h2-5,20H,6H2,1H3,(H,16,18)/t11-/m1/s1. The number of methoxy groups -OCH3 is 1. The number of anilines is 1. The fraction of sp³-hybridized carbons (Fsp3) is 0.333. The molecule has 0 heterocycles. The fourth-order valence-corrected chi connectivity index (χ4v) is 1.56.